The first-order valence-corrected chi connectivity index (χ1v) is 16.3. The summed E-state index contributed by atoms with van der Waals surface area (Å²) in [4.78, 5) is 34.1. The Morgan fingerprint density at radius 3 is 2.12 bits per heavy atom. The third-order valence-corrected chi connectivity index (χ3v) is 9.68. The average molecular weight is 574 g/mol. The van der Waals surface area contributed by atoms with E-state index in [0.717, 1.165) is 63.5 Å². The summed E-state index contributed by atoms with van der Waals surface area (Å²) in [6.45, 7) is 8.41. The van der Waals surface area contributed by atoms with Crippen LogP contribution in [0.3, 0.4) is 0 Å². The van der Waals surface area contributed by atoms with Crippen molar-refractivity contribution in [2.75, 3.05) is 19.6 Å². The number of halogens is 1. The molecule has 224 valence electrons. The molecule has 4 rings (SSSR count). The van der Waals surface area contributed by atoms with Crippen LogP contribution >= 0.6 is 11.6 Å². The van der Waals surface area contributed by atoms with Gasteiger partial charge in [0, 0.05) is 54.9 Å². The van der Waals surface area contributed by atoms with E-state index in [9.17, 15) is 9.59 Å². The van der Waals surface area contributed by atoms with Crippen LogP contribution in [0.2, 0.25) is 5.02 Å². The summed E-state index contributed by atoms with van der Waals surface area (Å²) in [5.74, 6) is 0.177. The molecule has 7 nitrogen and oxygen atoms in total. The van der Waals surface area contributed by atoms with E-state index in [1.54, 1.807) is 0 Å². The van der Waals surface area contributed by atoms with Gasteiger partial charge in [0.15, 0.2) is 0 Å². The molecule has 1 aromatic rings. The number of likely N-dealkylation sites (tertiary alicyclic amines) is 1. The normalized spacial score (nSPS) is 23.7. The van der Waals surface area contributed by atoms with Crippen LogP contribution in [0.15, 0.2) is 24.3 Å². The van der Waals surface area contributed by atoms with Crippen LogP contribution in [0, 0.1) is 0 Å². The number of nitrogens with two attached hydrogens (primary N) is 1. The first kappa shape index (κ1) is 31.1. The molecule has 1 heterocycles. The Balaban J connectivity index is 1.44. The lowest BCUT2D eigenvalue weighted by molar-refractivity contribution is -0.135. The second-order valence-electron chi connectivity index (χ2n) is 12.6. The van der Waals surface area contributed by atoms with Crippen molar-refractivity contribution in [3.8, 4) is 0 Å². The summed E-state index contributed by atoms with van der Waals surface area (Å²) < 4.78 is 0. The molecule has 0 spiro atoms. The van der Waals surface area contributed by atoms with Crippen LogP contribution in [-0.2, 0) is 11.2 Å². The maximum atomic E-state index is 14.0. The molecule has 0 bridgehead atoms. The van der Waals surface area contributed by atoms with Crippen molar-refractivity contribution in [2.24, 2.45) is 5.73 Å². The van der Waals surface area contributed by atoms with Crippen molar-refractivity contribution in [3.05, 3.63) is 34.9 Å². The number of carbonyl (C=O) groups is 2. The van der Waals surface area contributed by atoms with Crippen molar-refractivity contribution in [1.29, 1.82) is 0 Å². The zero-order valence-corrected chi connectivity index (χ0v) is 25.7. The van der Waals surface area contributed by atoms with E-state index in [0.29, 0.717) is 36.6 Å². The van der Waals surface area contributed by atoms with Gasteiger partial charge in [0.05, 0.1) is 6.04 Å². The van der Waals surface area contributed by atoms with Gasteiger partial charge >= 0.3 is 6.03 Å². The number of hydrogen-bond acceptors (Lipinski definition) is 4. The van der Waals surface area contributed by atoms with Gasteiger partial charge in [-0.05, 0) is 96.3 Å². The van der Waals surface area contributed by atoms with Crippen LogP contribution in [0.25, 0.3) is 0 Å². The van der Waals surface area contributed by atoms with Crippen LogP contribution < -0.4 is 11.1 Å². The second kappa shape index (κ2) is 14.9. The standard InChI is InChI=1S/C32H52ClN5O2/c1-4-37(23(2)3)32(40)38(28-8-6-5-7-9-28)29-18-20-36(21-19-29)31(39)30(22-24-10-12-25(33)13-11-24)35-27-16-14-26(34)15-17-27/h10-13,23,26-30,35H,4-9,14-22,34H2,1-3H3/t26-,27+,30-/m1/s1. The molecule has 3 fully saturated rings. The zero-order chi connectivity index (χ0) is 28.6. The predicted octanol–water partition coefficient (Wildman–Crippen LogP) is 5.59. The molecule has 2 saturated carbocycles. The van der Waals surface area contributed by atoms with Crippen LogP contribution in [-0.4, -0.2) is 82.5 Å². The molecule has 2 aliphatic carbocycles. The van der Waals surface area contributed by atoms with Crippen molar-refractivity contribution in [1.82, 2.24) is 20.0 Å². The molecular formula is C32H52ClN5O2. The smallest absolute Gasteiger partial charge is 0.320 e. The molecule has 3 amide bonds. The predicted molar refractivity (Wildman–Crippen MR) is 164 cm³/mol. The molecule has 1 saturated heterocycles. The van der Waals surface area contributed by atoms with Gasteiger partial charge in [-0.25, -0.2) is 4.79 Å². The summed E-state index contributed by atoms with van der Waals surface area (Å²) in [6.07, 6.45) is 12.2. The number of rotatable bonds is 9. The SMILES string of the molecule is CCN(C(=O)N(C1CCCCC1)C1CCN(C(=O)[C@@H](Cc2ccc(Cl)cc2)N[C@H]2CC[C@@H](N)CC2)CC1)C(C)C. The fraction of sp³-hybridized carbons (Fsp3) is 0.750. The summed E-state index contributed by atoms with van der Waals surface area (Å²) in [5, 5.41) is 4.43. The summed E-state index contributed by atoms with van der Waals surface area (Å²) >= 11 is 6.13. The monoisotopic (exact) mass is 573 g/mol. The molecule has 8 heteroatoms. The van der Waals surface area contributed by atoms with Crippen LogP contribution in [0.1, 0.15) is 97.0 Å². The molecular weight excluding hydrogens is 522 g/mol. The topological polar surface area (TPSA) is 81.9 Å². The van der Waals surface area contributed by atoms with Gasteiger partial charge in [0.1, 0.15) is 0 Å². The zero-order valence-electron chi connectivity index (χ0n) is 25.0. The fourth-order valence-electron chi connectivity index (χ4n) is 7.07. The lowest BCUT2D eigenvalue weighted by atomic mass is 9.90. The molecule has 40 heavy (non-hydrogen) atoms. The average Bonchev–Trinajstić information content (AvgIpc) is 2.96. The van der Waals surface area contributed by atoms with Crippen molar-refractivity contribution < 1.29 is 9.59 Å². The van der Waals surface area contributed by atoms with Gasteiger partial charge in [-0.3, -0.25) is 4.79 Å². The molecule has 3 aliphatic rings. The summed E-state index contributed by atoms with van der Waals surface area (Å²) in [6, 6.07) is 9.04. The van der Waals surface area contributed by atoms with Gasteiger partial charge in [0.25, 0.3) is 0 Å². The van der Waals surface area contributed by atoms with Gasteiger partial charge in [-0.1, -0.05) is 43.0 Å². The van der Waals surface area contributed by atoms with Crippen molar-refractivity contribution in [2.45, 2.75) is 134 Å². The first-order valence-electron chi connectivity index (χ1n) is 15.9. The fourth-order valence-corrected chi connectivity index (χ4v) is 7.19. The molecule has 0 aromatic heterocycles. The molecule has 0 unspecified atom stereocenters. The minimum Gasteiger partial charge on any atom is -0.341 e. The van der Waals surface area contributed by atoms with E-state index in [2.05, 4.69) is 31.0 Å². The molecule has 0 radical (unpaired) electrons. The summed E-state index contributed by atoms with van der Waals surface area (Å²) in [7, 11) is 0. The number of piperidine rings is 1. The van der Waals surface area contributed by atoms with E-state index >= 15 is 0 Å². The Kier molecular flexibility index (Phi) is 11.6. The van der Waals surface area contributed by atoms with E-state index in [-0.39, 0.29) is 36.1 Å². The highest BCUT2D eigenvalue weighted by molar-refractivity contribution is 6.30. The second-order valence-corrected chi connectivity index (χ2v) is 13.0. The maximum absolute atomic E-state index is 14.0. The van der Waals surface area contributed by atoms with E-state index in [4.69, 9.17) is 17.3 Å². The summed E-state index contributed by atoms with van der Waals surface area (Å²) in [5.41, 5.74) is 7.26. The Morgan fingerprint density at radius 1 is 0.950 bits per heavy atom. The number of amides is 3. The Morgan fingerprint density at radius 2 is 1.55 bits per heavy atom. The van der Waals surface area contributed by atoms with Gasteiger partial charge in [0.2, 0.25) is 5.91 Å². The van der Waals surface area contributed by atoms with E-state index < -0.39 is 0 Å². The lowest BCUT2D eigenvalue weighted by Crippen LogP contribution is -2.59. The number of carbonyl (C=O) groups excluding carboxylic acids is 2. The minimum absolute atomic E-state index is 0.177. The van der Waals surface area contributed by atoms with Crippen molar-refractivity contribution >= 4 is 23.5 Å². The Hall–Kier alpha value is -1.83. The number of nitrogens with zero attached hydrogens (tertiary/aromatic N) is 3. The van der Waals surface area contributed by atoms with Gasteiger partial charge in [-0.2, -0.15) is 0 Å². The van der Waals surface area contributed by atoms with Crippen molar-refractivity contribution in [3.63, 3.8) is 0 Å². The van der Waals surface area contributed by atoms with Crippen LogP contribution in [0.5, 0.6) is 0 Å². The van der Waals surface area contributed by atoms with Crippen LogP contribution in [0.4, 0.5) is 4.79 Å². The quantitative estimate of drug-likeness (QED) is 0.404. The maximum Gasteiger partial charge on any atom is 0.320 e. The Bertz CT molecular complexity index is 935. The minimum atomic E-state index is -0.273. The van der Waals surface area contributed by atoms with E-state index in [1.165, 1.54) is 19.3 Å². The number of benzene rings is 1. The third kappa shape index (κ3) is 8.13. The van der Waals surface area contributed by atoms with Gasteiger partial charge < -0.3 is 25.8 Å². The number of urea groups is 1. The Labute approximate surface area is 247 Å². The number of hydrogen-bond donors (Lipinski definition) is 2. The molecule has 1 aromatic carbocycles. The molecule has 1 aliphatic heterocycles. The largest absolute Gasteiger partial charge is 0.341 e. The number of nitrogens with one attached hydrogen (secondary N) is 1. The first-order chi connectivity index (χ1) is 19.3. The van der Waals surface area contributed by atoms with Gasteiger partial charge in [-0.15, -0.1) is 0 Å². The lowest BCUT2D eigenvalue weighted by Gasteiger charge is -2.46. The molecule has 3 N–H and O–H groups in total. The highest BCUT2D eigenvalue weighted by Crippen LogP contribution is 2.30. The highest BCUT2D eigenvalue weighted by Gasteiger charge is 2.38. The molecule has 1 atom stereocenters. The van der Waals surface area contributed by atoms with E-state index in [1.807, 2.05) is 34.1 Å². The highest BCUT2D eigenvalue weighted by atomic mass is 35.5. The third-order valence-electron chi connectivity index (χ3n) is 9.43.